The highest BCUT2D eigenvalue weighted by Crippen LogP contribution is 2.21. The van der Waals surface area contributed by atoms with Gasteiger partial charge in [0, 0.05) is 27.4 Å². The molecule has 27 heavy (non-hydrogen) atoms. The van der Waals surface area contributed by atoms with E-state index in [1.54, 1.807) is 19.9 Å². The van der Waals surface area contributed by atoms with E-state index in [0.29, 0.717) is 21.3 Å². The second-order valence-corrected chi connectivity index (χ2v) is 7.04. The maximum Gasteiger partial charge on any atom is 0.331 e. The number of aryl methyl sites for hydroxylation is 1. The number of ether oxygens (including phenoxy) is 1. The number of esters is 1. The average molecular weight is 436 g/mol. The van der Waals surface area contributed by atoms with Crippen molar-refractivity contribution in [1.82, 2.24) is 4.98 Å². The number of halogens is 2. The zero-order chi connectivity index (χ0) is 20.3. The van der Waals surface area contributed by atoms with Crippen molar-refractivity contribution in [3.63, 3.8) is 0 Å². The molecule has 142 valence electrons. The van der Waals surface area contributed by atoms with E-state index < -0.39 is 23.7 Å². The van der Waals surface area contributed by atoms with E-state index in [1.807, 2.05) is 0 Å². The minimum atomic E-state index is -1.06. The van der Waals surface area contributed by atoms with Gasteiger partial charge in [-0.3, -0.25) is 9.59 Å². The Hall–Kier alpha value is -2.54. The molecule has 7 heteroatoms. The van der Waals surface area contributed by atoms with Gasteiger partial charge in [-0.15, -0.1) is 0 Å². The summed E-state index contributed by atoms with van der Waals surface area (Å²) in [6, 6.07) is 4.33. The predicted molar refractivity (Wildman–Crippen MR) is 103 cm³/mol. The standard InChI is InChI=1S/C20H19BrFNO4/c1-10-18(12(3)24)11(2)23-19(10)20(26)13(4)27-17(25)8-5-14-9-15(21)6-7-16(14)22/h5-9,13,23H,1-4H3/b8-5+. The van der Waals surface area contributed by atoms with Gasteiger partial charge in [0.25, 0.3) is 0 Å². The van der Waals surface area contributed by atoms with Crippen molar-refractivity contribution in [3.8, 4) is 0 Å². The first-order valence-corrected chi connectivity index (χ1v) is 8.99. The highest BCUT2D eigenvalue weighted by atomic mass is 79.9. The Morgan fingerprint density at radius 3 is 2.52 bits per heavy atom. The summed E-state index contributed by atoms with van der Waals surface area (Å²) >= 11 is 3.22. The molecule has 0 aliphatic heterocycles. The third-order valence-electron chi connectivity index (χ3n) is 4.06. The molecule has 0 bridgehead atoms. The first kappa shape index (κ1) is 20.8. The van der Waals surface area contributed by atoms with Gasteiger partial charge in [0.05, 0.1) is 5.69 Å². The third kappa shape index (κ3) is 4.80. The number of H-pyrrole nitrogens is 1. The predicted octanol–water partition coefficient (Wildman–Crippen LogP) is 4.56. The summed E-state index contributed by atoms with van der Waals surface area (Å²) in [5.74, 6) is -1.86. The summed E-state index contributed by atoms with van der Waals surface area (Å²) < 4.78 is 19.4. The van der Waals surface area contributed by atoms with Crippen molar-refractivity contribution in [2.45, 2.75) is 33.8 Å². The minimum Gasteiger partial charge on any atom is -0.451 e. The normalized spacial score (nSPS) is 12.2. The van der Waals surface area contributed by atoms with Crippen LogP contribution < -0.4 is 0 Å². The van der Waals surface area contributed by atoms with Gasteiger partial charge < -0.3 is 9.72 Å². The number of hydrogen-bond acceptors (Lipinski definition) is 4. The summed E-state index contributed by atoms with van der Waals surface area (Å²) in [5, 5.41) is 0. The van der Waals surface area contributed by atoms with Crippen LogP contribution in [0.4, 0.5) is 4.39 Å². The van der Waals surface area contributed by atoms with Crippen LogP contribution >= 0.6 is 15.9 Å². The van der Waals surface area contributed by atoms with Crippen LogP contribution in [0.5, 0.6) is 0 Å². The fourth-order valence-electron chi connectivity index (χ4n) is 2.79. The molecule has 1 heterocycles. The number of ketones is 2. The van der Waals surface area contributed by atoms with Crippen molar-refractivity contribution in [2.75, 3.05) is 0 Å². The molecule has 1 unspecified atom stereocenters. The van der Waals surface area contributed by atoms with Gasteiger partial charge in [-0.25, -0.2) is 9.18 Å². The number of carbonyl (C=O) groups is 3. The molecule has 1 atom stereocenters. The van der Waals surface area contributed by atoms with Gasteiger partial charge in [-0.2, -0.15) is 0 Å². The Bertz CT molecular complexity index is 946. The van der Waals surface area contributed by atoms with Crippen LogP contribution in [0.1, 0.15) is 51.5 Å². The smallest absolute Gasteiger partial charge is 0.331 e. The molecule has 5 nitrogen and oxygen atoms in total. The molecule has 0 saturated heterocycles. The van der Waals surface area contributed by atoms with E-state index in [9.17, 15) is 18.8 Å². The molecule has 2 rings (SSSR count). The maximum absolute atomic E-state index is 13.7. The summed E-state index contributed by atoms with van der Waals surface area (Å²) in [7, 11) is 0. The Morgan fingerprint density at radius 1 is 1.26 bits per heavy atom. The van der Waals surface area contributed by atoms with Crippen molar-refractivity contribution >= 4 is 39.5 Å². The fourth-order valence-corrected chi connectivity index (χ4v) is 3.17. The zero-order valence-electron chi connectivity index (χ0n) is 15.4. The summed E-state index contributed by atoms with van der Waals surface area (Å²) in [4.78, 5) is 39.1. The molecule has 0 spiro atoms. The monoisotopic (exact) mass is 435 g/mol. The first-order chi connectivity index (χ1) is 12.6. The lowest BCUT2D eigenvalue weighted by atomic mass is 10.0. The molecule has 0 fully saturated rings. The first-order valence-electron chi connectivity index (χ1n) is 8.19. The van der Waals surface area contributed by atoms with Gasteiger partial charge in [-0.1, -0.05) is 15.9 Å². The third-order valence-corrected chi connectivity index (χ3v) is 4.55. The number of aromatic amines is 1. The zero-order valence-corrected chi connectivity index (χ0v) is 16.9. The lowest BCUT2D eigenvalue weighted by Crippen LogP contribution is -2.24. The molecule has 2 aromatic rings. The number of carbonyl (C=O) groups excluding carboxylic acids is 3. The van der Waals surface area contributed by atoms with Gasteiger partial charge in [0.1, 0.15) is 5.82 Å². The van der Waals surface area contributed by atoms with E-state index in [-0.39, 0.29) is 17.0 Å². The maximum atomic E-state index is 13.7. The van der Waals surface area contributed by atoms with Crippen LogP contribution in [-0.2, 0) is 9.53 Å². The molecular weight excluding hydrogens is 417 g/mol. The van der Waals surface area contributed by atoms with Crippen molar-refractivity contribution in [1.29, 1.82) is 0 Å². The van der Waals surface area contributed by atoms with E-state index in [4.69, 9.17) is 4.74 Å². The molecular formula is C20H19BrFNO4. The van der Waals surface area contributed by atoms with Gasteiger partial charge in [0.2, 0.25) is 5.78 Å². The van der Waals surface area contributed by atoms with Gasteiger partial charge in [-0.05, 0) is 57.5 Å². The lowest BCUT2D eigenvalue weighted by molar-refractivity contribution is -0.140. The van der Waals surface area contributed by atoms with Crippen molar-refractivity contribution in [3.05, 3.63) is 62.6 Å². The Kier molecular flexibility index (Phi) is 6.49. The molecule has 1 aromatic heterocycles. The van der Waals surface area contributed by atoms with Crippen LogP contribution in [0.2, 0.25) is 0 Å². The quantitative estimate of drug-likeness (QED) is 0.409. The Labute approximate surface area is 164 Å². The number of benzene rings is 1. The summed E-state index contributed by atoms with van der Waals surface area (Å²) in [6.07, 6.45) is 1.27. The number of nitrogens with one attached hydrogen (secondary N) is 1. The second-order valence-electron chi connectivity index (χ2n) is 6.12. The number of Topliss-reactive ketones (excluding diaryl/α,β-unsaturated/α-hetero) is 2. The number of aromatic nitrogens is 1. The van der Waals surface area contributed by atoms with Crippen LogP contribution in [-0.4, -0.2) is 28.6 Å². The van der Waals surface area contributed by atoms with Gasteiger partial charge in [0.15, 0.2) is 11.9 Å². The fraction of sp³-hybridized carbons (Fsp3) is 0.250. The number of rotatable bonds is 6. The largest absolute Gasteiger partial charge is 0.451 e. The minimum absolute atomic E-state index is 0.149. The Morgan fingerprint density at radius 2 is 1.93 bits per heavy atom. The topological polar surface area (TPSA) is 76.2 Å². The SMILES string of the molecule is CC(=O)c1c(C)[nH]c(C(=O)C(C)OC(=O)/C=C/c2cc(Br)ccc2F)c1C. The lowest BCUT2D eigenvalue weighted by Gasteiger charge is -2.10. The van der Waals surface area contributed by atoms with E-state index >= 15 is 0 Å². The molecule has 0 radical (unpaired) electrons. The molecule has 0 aliphatic rings. The highest BCUT2D eigenvalue weighted by Gasteiger charge is 2.25. The van der Waals surface area contributed by atoms with E-state index in [0.717, 1.165) is 6.08 Å². The van der Waals surface area contributed by atoms with Crippen molar-refractivity contribution in [2.24, 2.45) is 0 Å². The van der Waals surface area contributed by atoms with Crippen LogP contribution in [0, 0.1) is 19.7 Å². The summed E-state index contributed by atoms with van der Waals surface area (Å²) in [6.45, 7) is 6.23. The summed E-state index contributed by atoms with van der Waals surface area (Å²) in [5.41, 5.74) is 2.02. The van der Waals surface area contributed by atoms with Crippen molar-refractivity contribution < 1.29 is 23.5 Å². The molecule has 1 aromatic carbocycles. The molecule has 0 amide bonds. The molecule has 0 saturated carbocycles. The van der Waals surface area contributed by atoms with Crippen LogP contribution in [0.15, 0.2) is 28.7 Å². The van der Waals surface area contributed by atoms with Crippen LogP contribution in [0.3, 0.4) is 0 Å². The van der Waals surface area contributed by atoms with Crippen LogP contribution in [0.25, 0.3) is 6.08 Å². The van der Waals surface area contributed by atoms with E-state index in [1.165, 1.54) is 32.1 Å². The average Bonchev–Trinajstić information content (AvgIpc) is 2.89. The second kappa shape index (κ2) is 8.43. The highest BCUT2D eigenvalue weighted by molar-refractivity contribution is 9.10. The molecule has 1 N–H and O–H groups in total. The number of hydrogen-bond donors (Lipinski definition) is 1. The van der Waals surface area contributed by atoms with E-state index in [2.05, 4.69) is 20.9 Å². The molecule has 0 aliphatic carbocycles. The Balaban J connectivity index is 2.11. The van der Waals surface area contributed by atoms with Gasteiger partial charge >= 0.3 is 5.97 Å².